The van der Waals surface area contributed by atoms with Crippen molar-refractivity contribution < 1.29 is 9.53 Å². The predicted molar refractivity (Wildman–Crippen MR) is 81.7 cm³/mol. The molecular formula is C16H20BrNO2. The number of carbonyl (C=O) groups is 1. The standard InChI is InChI=1S/C16H20BrNO2/c17-10-13-9-14(13)15-7-4-8-18(15)16(19)20-11-12-5-2-1-3-6-12/h1-3,5-6,13-15H,4,7-11H2. The summed E-state index contributed by atoms with van der Waals surface area (Å²) in [7, 11) is 0. The minimum atomic E-state index is -0.142. The normalized spacial score (nSPS) is 28.4. The highest BCUT2D eigenvalue weighted by molar-refractivity contribution is 9.09. The Morgan fingerprint density at radius 2 is 2.15 bits per heavy atom. The fourth-order valence-electron chi connectivity index (χ4n) is 3.19. The minimum Gasteiger partial charge on any atom is -0.445 e. The highest BCUT2D eigenvalue weighted by Gasteiger charge is 2.47. The molecule has 1 aliphatic heterocycles. The average molecular weight is 338 g/mol. The number of likely N-dealkylation sites (tertiary alicyclic amines) is 1. The van der Waals surface area contributed by atoms with E-state index in [0.717, 1.165) is 36.2 Å². The summed E-state index contributed by atoms with van der Waals surface area (Å²) < 4.78 is 5.46. The smallest absolute Gasteiger partial charge is 0.410 e. The zero-order chi connectivity index (χ0) is 13.9. The van der Waals surface area contributed by atoms with Crippen LogP contribution in [0.1, 0.15) is 24.8 Å². The summed E-state index contributed by atoms with van der Waals surface area (Å²) in [6.45, 7) is 1.22. The van der Waals surface area contributed by atoms with E-state index in [-0.39, 0.29) is 6.09 Å². The third kappa shape index (κ3) is 3.00. The molecule has 2 aliphatic rings. The number of nitrogens with zero attached hydrogens (tertiary/aromatic N) is 1. The van der Waals surface area contributed by atoms with Crippen LogP contribution in [0.2, 0.25) is 0 Å². The van der Waals surface area contributed by atoms with Crippen molar-refractivity contribution in [2.45, 2.75) is 31.9 Å². The number of carbonyl (C=O) groups excluding carboxylic acids is 1. The Balaban J connectivity index is 1.54. The molecule has 1 heterocycles. The van der Waals surface area contributed by atoms with E-state index >= 15 is 0 Å². The van der Waals surface area contributed by atoms with Crippen LogP contribution in [0.25, 0.3) is 0 Å². The lowest BCUT2D eigenvalue weighted by atomic mass is 10.1. The highest BCUT2D eigenvalue weighted by Crippen LogP contribution is 2.47. The Bertz CT molecular complexity index is 465. The molecule has 1 saturated heterocycles. The SMILES string of the molecule is O=C(OCc1ccccc1)N1CCCC1C1CC1CBr. The lowest BCUT2D eigenvalue weighted by Gasteiger charge is -2.24. The first kappa shape index (κ1) is 13.9. The number of hydrogen-bond donors (Lipinski definition) is 0. The summed E-state index contributed by atoms with van der Waals surface area (Å²) >= 11 is 3.55. The zero-order valence-corrected chi connectivity index (χ0v) is 13.1. The van der Waals surface area contributed by atoms with E-state index in [0.29, 0.717) is 18.6 Å². The molecule has 1 aromatic rings. The molecule has 3 nitrogen and oxygen atoms in total. The number of hydrogen-bond acceptors (Lipinski definition) is 2. The fourth-order valence-corrected chi connectivity index (χ4v) is 3.93. The summed E-state index contributed by atoms with van der Waals surface area (Å²) in [6.07, 6.45) is 3.35. The van der Waals surface area contributed by atoms with Crippen LogP contribution >= 0.6 is 15.9 Å². The molecule has 0 aromatic heterocycles. The first-order chi connectivity index (χ1) is 9.79. The van der Waals surface area contributed by atoms with Gasteiger partial charge in [-0.25, -0.2) is 4.79 Å². The lowest BCUT2D eigenvalue weighted by molar-refractivity contribution is 0.0882. The van der Waals surface area contributed by atoms with Crippen LogP contribution in [-0.2, 0) is 11.3 Å². The molecule has 3 unspecified atom stereocenters. The van der Waals surface area contributed by atoms with Crippen LogP contribution in [-0.4, -0.2) is 28.9 Å². The molecule has 108 valence electrons. The third-order valence-electron chi connectivity index (χ3n) is 4.41. The van der Waals surface area contributed by atoms with Crippen molar-refractivity contribution in [1.82, 2.24) is 4.90 Å². The maximum Gasteiger partial charge on any atom is 0.410 e. The van der Waals surface area contributed by atoms with E-state index in [1.54, 1.807) is 0 Å². The molecule has 0 bridgehead atoms. The number of benzene rings is 1. The summed E-state index contributed by atoms with van der Waals surface area (Å²) in [5.41, 5.74) is 1.04. The van der Waals surface area contributed by atoms with Crippen LogP contribution < -0.4 is 0 Å². The highest BCUT2D eigenvalue weighted by atomic mass is 79.9. The van der Waals surface area contributed by atoms with Gasteiger partial charge in [0.25, 0.3) is 0 Å². The molecule has 4 heteroatoms. The second-order valence-corrected chi connectivity index (χ2v) is 6.40. The number of rotatable bonds is 4. The average Bonchev–Trinajstić information content (AvgIpc) is 3.12. The van der Waals surface area contributed by atoms with Gasteiger partial charge >= 0.3 is 6.09 Å². The van der Waals surface area contributed by atoms with Crippen molar-refractivity contribution in [2.24, 2.45) is 11.8 Å². The van der Waals surface area contributed by atoms with Crippen LogP contribution in [0.3, 0.4) is 0 Å². The van der Waals surface area contributed by atoms with Gasteiger partial charge < -0.3 is 9.64 Å². The van der Waals surface area contributed by atoms with Crippen LogP contribution in [0.4, 0.5) is 4.79 Å². The molecule has 0 N–H and O–H groups in total. The molecule has 2 fully saturated rings. The van der Waals surface area contributed by atoms with Crippen molar-refractivity contribution in [1.29, 1.82) is 0 Å². The van der Waals surface area contributed by atoms with Gasteiger partial charge in [-0.05, 0) is 36.7 Å². The second-order valence-electron chi connectivity index (χ2n) is 5.76. The molecular weight excluding hydrogens is 318 g/mol. The van der Waals surface area contributed by atoms with Gasteiger partial charge in [0.2, 0.25) is 0 Å². The second kappa shape index (κ2) is 6.17. The molecule has 20 heavy (non-hydrogen) atoms. The Labute approximate surface area is 128 Å². The maximum atomic E-state index is 12.2. The summed E-state index contributed by atoms with van der Waals surface area (Å²) in [5.74, 6) is 1.43. The molecule has 0 radical (unpaired) electrons. The third-order valence-corrected chi connectivity index (χ3v) is 5.24. The quantitative estimate of drug-likeness (QED) is 0.781. The van der Waals surface area contributed by atoms with E-state index in [9.17, 15) is 4.79 Å². The zero-order valence-electron chi connectivity index (χ0n) is 11.5. The minimum absolute atomic E-state index is 0.142. The van der Waals surface area contributed by atoms with E-state index < -0.39 is 0 Å². The van der Waals surface area contributed by atoms with Gasteiger partial charge in [0.1, 0.15) is 6.61 Å². The van der Waals surface area contributed by atoms with E-state index in [1.165, 1.54) is 6.42 Å². The largest absolute Gasteiger partial charge is 0.445 e. The van der Waals surface area contributed by atoms with Gasteiger partial charge in [-0.3, -0.25) is 0 Å². The van der Waals surface area contributed by atoms with Gasteiger partial charge in [0.15, 0.2) is 0 Å². The first-order valence-corrected chi connectivity index (χ1v) is 8.45. The van der Waals surface area contributed by atoms with Crippen molar-refractivity contribution in [3.8, 4) is 0 Å². The number of halogens is 1. The summed E-state index contributed by atoms with van der Waals surface area (Å²) in [5, 5.41) is 1.06. The first-order valence-electron chi connectivity index (χ1n) is 7.33. The molecule has 1 aliphatic carbocycles. The van der Waals surface area contributed by atoms with Crippen LogP contribution in [0.15, 0.2) is 30.3 Å². The maximum absolute atomic E-state index is 12.2. The van der Waals surface area contributed by atoms with Crippen molar-refractivity contribution in [3.05, 3.63) is 35.9 Å². The molecule has 0 spiro atoms. The van der Waals surface area contributed by atoms with Crippen molar-refractivity contribution in [2.75, 3.05) is 11.9 Å². The van der Waals surface area contributed by atoms with Gasteiger partial charge in [-0.1, -0.05) is 46.3 Å². The Hall–Kier alpha value is -1.03. The van der Waals surface area contributed by atoms with Gasteiger partial charge in [-0.15, -0.1) is 0 Å². The number of ether oxygens (including phenoxy) is 1. The molecule has 1 amide bonds. The fraction of sp³-hybridized carbons (Fsp3) is 0.562. The van der Waals surface area contributed by atoms with Crippen molar-refractivity contribution in [3.63, 3.8) is 0 Å². The van der Waals surface area contributed by atoms with Gasteiger partial charge in [0, 0.05) is 17.9 Å². The van der Waals surface area contributed by atoms with Crippen molar-refractivity contribution >= 4 is 22.0 Å². The van der Waals surface area contributed by atoms with E-state index in [1.807, 2.05) is 35.2 Å². The topological polar surface area (TPSA) is 29.5 Å². The Morgan fingerprint density at radius 3 is 2.85 bits per heavy atom. The van der Waals surface area contributed by atoms with Crippen LogP contribution in [0, 0.1) is 11.8 Å². The lowest BCUT2D eigenvalue weighted by Crippen LogP contribution is -2.37. The monoisotopic (exact) mass is 337 g/mol. The number of amides is 1. The molecule has 1 saturated carbocycles. The van der Waals surface area contributed by atoms with Gasteiger partial charge in [0.05, 0.1) is 0 Å². The number of alkyl halides is 1. The molecule has 3 rings (SSSR count). The van der Waals surface area contributed by atoms with E-state index in [4.69, 9.17) is 4.74 Å². The Kier molecular flexibility index (Phi) is 4.29. The van der Waals surface area contributed by atoms with Gasteiger partial charge in [-0.2, -0.15) is 0 Å². The predicted octanol–water partition coefficient (Wildman–Crippen LogP) is 3.82. The van der Waals surface area contributed by atoms with Crippen LogP contribution in [0.5, 0.6) is 0 Å². The molecule has 3 atom stereocenters. The Morgan fingerprint density at radius 1 is 1.35 bits per heavy atom. The summed E-state index contributed by atoms with van der Waals surface area (Å²) in [4.78, 5) is 14.2. The summed E-state index contributed by atoms with van der Waals surface area (Å²) in [6, 6.07) is 10.3. The van der Waals surface area contributed by atoms with E-state index in [2.05, 4.69) is 15.9 Å². The molecule has 1 aromatic carbocycles.